The van der Waals surface area contributed by atoms with Gasteiger partial charge in [-0.1, -0.05) is 12.8 Å². The zero-order chi connectivity index (χ0) is 9.60. The third-order valence-electron chi connectivity index (χ3n) is 5.06. The first-order chi connectivity index (χ1) is 6.80. The zero-order valence-corrected chi connectivity index (χ0v) is 9.39. The fourth-order valence-corrected chi connectivity index (χ4v) is 3.68. The second-order valence-electron chi connectivity index (χ2n) is 5.95. The van der Waals surface area contributed by atoms with Gasteiger partial charge >= 0.3 is 0 Å². The Bertz CT molecular complexity index is 213. The van der Waals surface area contributed by atoms with Gasteiger partial charge in [0, 0.05) is 12.1 Å². The molecule has 0 radical (unpaired) electrons. The van der Waals surface area contributed by atoms with Crippen LogP contribution < -0.4 is 5.32 Å². The molecule has 1 heteroatoms. The fraction of sp³-hybridized carbons (Fsp3) is 1.00. The minimum atomic E-state index is 0.767. The van der Waals surface area contributed by atoms with E-state index < -0.39 is 0 Å². The highest BCUT2D eigenvalue weighted by atomic mass is 15.0. The maximum atomic E-state index is 3.91. The van der Waals surface area contributed by atoms with Gasteiger partial charge in [0.2, 0.25) is 0 Å². The van der Waals surface area contributed by atoms with Gasteiger partial charge in [-0.25, -0.2) is 0 Å². The first kappa shape index (κ1) is 9.21. The summed E-state index contributed by atoms with van der Waals surface area (Å²) in [7, 11) is 0. The van der Waals surface area contributed by atoms with E-state index in [0.29, 0.717) is 0 Å². The summed E-state index contributed by atoms with van der Waals surface area (Å²) in [5.41, 5.74) is 0.767. The smallest absolute Gasteiger partial charge is 0.0126 e. The lowest BCUT2D eigenvalue weighted by Gasteiger charge is -2.49. The molecule has 0 saturated heterocycles. The number of nitrogens with one attached hydrogen (secondary N) is 1. The van der Waals surface area contributed by atoms with Gasteiger partial charge in [-0.15, -0.1) is 0 Å². The molecule has 2 unspecified atom stereocenters. The van der Waals surface area contributed by atoms with Gasteiger partial charge in [-0.3, -0.25) is 0 Å². The molecule has 3 aliphatic rings. The lowest BCUT2D eigenvalue weighted by molar-refractivity contribution is 0.0630. The van der Waals surface area contributed by atoms with Crippen molar-refractivity contribution in [1.82, 2.24) is 5.32 Å². The molecule has 1 nitrogen and oxygen atoms in total. The van der Waals surface area contributed by atoms with E-state index in [0.717, 1.165) is 23.4 Å². The van der Waals surface area contributed by atoms with Gasteiger partial charge in [-0.2, -0.15) is 0 Å². The highest BCUT2D eigenvalue weighted by Gasteiger charge is 2.48. The van der Waals surface area contributed by atoms with Gasteiger partial charge in [0.1, 0.15) is 0 Å². The Morgan fingerprint density at radius 3 is 2.29 bits per heavy atom. The SMILES string of the molecule is CC(NC1CCC12CCCC2)C1CC1. The normalized spacial score (nSPS) is 37.1. The Morgan fingerprint density at radius 2 is 1.79 bits per heavy atom. The quantitative estimate of drug-likeness (QED) is 0.726. The summed E-state index contributed by atoms with van der Waals surface area (Å²) in [5.74, 6) is 1.02. The predicted octanol–water partition coefficient (Wildman–Crippen LogP) is 3.10. The Morgan fingerprint density at radius 1 is 1.07 bits per heavy atom. The van der Waals surface area contributed by atoms with E-state index in [1.54, 1.807) is 0 Å². The van der Waals surface area contributed by atoms with Crippen molar-refractivity contribution < 1.29 is 0 Å². The maximum Gasteiger partial charge on any atom is 0.0126 e. The van der Waals surface area contributed by atoms with Crippen LogP contribution in [0, 0.1) is 11.3 Å². The molecular weight excluding hydrogens is 170 g/mol. The van der Waals surface area contributed by atoms with E-state index >= 15 is 0 Å². The average molecular weight is 193 g/mol. The van der Waals surface area contributed by atoms with E-state index in [1.165, 1.54) is 51.4 Å². The summed E-state index contributed by atoms with van der Waals surface area (Å²) in [5, 5.41) is 3.91. The van der Waals surface area contributed by atoms with Crippen LogP contribution in [0.25, 0.3) is 0 Å². The molecule has 3 saturated carbocycles. The van der Waals surface area contributed by atoms with Crippen molar-refractivity contribution in [2.45, 2.75) is 70.4 Å². The summed E-state index contributed by atoms with van der Waals surface area (Å²) in [4.78, 5) is 0. The van der Waals surface area contributed by atoms with Crippen LogP contribution in [0.15, 0.2) is 0 Å². The van der Waals surface area contributed by atoms with Crippen LogP contribution in [0.5, 0.6) is 0 Å². The molecule has 14 heavy (non-hydrogen) atoms. The summed E-state index contributed by atoms with van der Waals surface area (Å²) < 4.78 is 0. The lowest BCUT2D eigenvalue weighted by Crippen LogP contribution is -2.54. The molecule has 80 valence electrons. The lowest BCUT2D eigenvalue weighted by atomic mass is 9.63. The molecule has 0 aliphatic heterocycles. The van der Waals surface area contributed by atoms with Gasteiger partial charge in [0.25, 0.3) is 0 Å². The van der Waals surface area contributed by atoms with E-state index in [1.807, 2.05) is 0 Å². The van der Waals surface area contributed by atoms with Crippen LogP contribution in [0.3, 0.4) is 0 Å². The highest BCUT2D eigenvalue weighted by molar-refractivity contribution is 5.04. The second kappa shape index (κ2) is 3.23. The van der Waals surface area contributed by atoms with Crippen LogP contribution >= 0.6 is 0 Å². The Balaban J connectivity index is 1.57. The zero-order valence-electron chi connectivity index (χ0n) is 9.39. The van der Waals surface area contributed by atoms with Crippen LogP contribution in [-0.2, 0) is 0 Å². The largest absolute Gasteiger partial charge is 0.311 e. The fourth-order valence-electron chi connectivity index (χ4n) is 3.68. The van der Waals surface area contributed by atoms with Gasteiger partial charge in [0.05, 0.1) is 0 Å². The van der Waals surface area contributed by atoms with Crippen molar-refractivity contribution >= 4 is 0 Å². The molecule has 3 aliphatic carbocycles. The average Bonchev–Trinajstić information content (AvgIpc) is 2.89. The summed E-state index contributed by atoms with van der Waals surface area (Å²) >= 11 is 0. The van der Waals surface area contributed by atoms with Crippen LogP contribution in [0.4, 0.5) is 0 Å². The minimum absolute atomic E-state index is 0.767. The standard InChI is InChI=1S/C13H23N/c1-10(11-4-5-11)14-12-6-9-13(12)7-2-3-8-13/h10-12,14H,2-9H2,1H3. The van der Waals surface area contributed by atoms with E-state index in [-0.39, 0.29) is 0 Å². The topological polar surface area (TPSA) is 12.0 Å². The molecule has 0 heterocycles. The minimum Gasteiger partial charge on any atom is -0.311 e. The monoisotopic (exact) mass is 193 g/mol. The Hall–Kier alpha value is -0.0400. The summed E-state index contributed by atoms with van der Waals surface area (Å²) in [6, 6.07) is 1.69. The predicted molar refractivity (Wildman–Crippen MR) is 59.2 cm³/mol. The van der Waals surface area contributed by atoms with Crippen molar-refractivity contribution in [3.05, 3.63) is 0 Å². The first-order valence-electron chi connectivity index (χ1n) is 6.56. The summed E-state index contributed by atoms with van der Waals surface area (Å²) in [6.07, 6.45) is 12.0. The van der Waals surface area contributed by atoms with E-state index in [4.69, 9.17) is 0 Å². The van der Waals surface area contributed by atoms with Gasteiger partial charge in [0.15, 0.2) is 0 Å². The molecule has 3 fully saturated rings. The van der Waals surface area contributed by atoms with Crippen molar-refractivity contribution in [2.75, 3.05) is 0 Å². The molecular formula is C13H23N. The molecule has 0 aromatic heterocycles. The van der Waals surface area contributed by atoms with Crippen molar-refractivity contribution in [3.63, 3.8) is 0 Å². The van der Waals surface area contributed by atoms with Gasteiger partial charge in [-0.05, 0) is 56.8 Å². The van der Waals surface area contributed by atoms with E-state index in [2.05, 4.69) is 12.2 Å². The molecule has 2 atom stereocenters. The molecule has 0 aromatic rings. The summed E-state index contributed by atoms with van der Waals surface area (Å²) in [6.45, 7) is 2.40. The van der Waals surface area contributed by atoms with Crippen LogP contribution in [0.1, 0.15) is 58.3 Å². The third-order valence-corrected chi connectivity index (χ3v) is 5.06. The molecule has 0 aromatic carbocycles. The molecule has 0 bridgehead atoms. The molecule has 1 spiro atoms. The van der Waals surface area contributed by atoms with Crippen LogP contribution in [0.2, 0.25) is 0 Å². The van der Waals surface area contributed by atoms with Crippen LogP contribution in [-0.4, -0.2) is 12.1 Å². The Kier molecular flexibility index (Phi) is 2.12. The highest BCUT2D eigenvalue weighted by Crippen LogP contribution is 2.53. The maximum absolute atomic E-state index is 3.91. The molecule has 3 rings (SSSR count). The van der Waals surface area contributed by atoms with Crippen molar-refractivity contribution in [1.29, 1.82) is 0 Å². The van der Waals surface area contributed by atoms with E-state index in [9.17, 15) is 0 Å². The molecule has 0 amide bonds. The van der Waals surface area contributed by atoms with Gasteiger partial charge < -0.3 is 5.32 Å². The Labute approximate surface area is 87.7 Å². The number of rotatable bonds is 3. The van der Waals surface area contributed by atoms with Crippen molar-refractivity contribution in [2.24, 2.45) is 11.3 Å². The number of hydrogen-bond donors (Lipinski definition) is 1. The van der Waals surface area contributed by atoms with Crippen molar-refractivity contribution in [3.8, 4) is 0 Å². The molecule has 1 N–H and O–H groups in total. The first-order valence-corrected chi connectivity index (χ1v) is 6.56. The third kappa shape index (κ3) is 1.41. The number of hydrogen-bond acceptors (Lipinski definition) is 1. The second-order valence-corrected chi connectivity index (χ2v) is 5.95.